The van der Waals surface area contributed by atoms with Gasteiger partial charge >= 0.3 is 0 Å². The summed E-state index contributed by atoms with van der Waals surface area (Å²) >= 11 is 0. The van der Waals surface area contributed by atoms with Crippen molar-refractivity contribution in [2.75, 3.05) is 13.1 Å². The van der Waals surface area contributed by atoms with Crippen LogP contribution in [0.4, 0.5) is 0 Å². The van der Waals surface area contributed by atoms with Gasteiger partial charge in [0.1, 0.15) is 0 Å². The van der Waals surface area contributed by atoms with Gasteiger partial charge in [0, 0.05) is 24.7 Å². The molecule has 2 atom stereocenters. The minimum atomic E-state index is 0.377. The molecule has 1 aliphatic heterocycles. The maximum atomic E-state index is 4.38. The van der Waals surface area contributed by atoms with Crippen molar-refractivity contribution >= 4 is 0 Å². The van der Waals surface area contributed by atoms with Crippen LogP contribution in [0.25, 0.3) is 0 Å². The average Bonchev–Trinajstić information content (AvgIpc) is 2.73. The summed E-state index contributed by atoms with van der Waals surface area (Å²) in [5.41, 5.74) is 2.75. The van der Waals surface area contributed by atoms with E-state index in [-0.39, 0.29) is 0 Å². The van der Waals surface area contributed by atoms with Gasteiger partial charge in [0.15, 0.2) is 0 Å². The van der Waals surface area contributed by atoms with Crippen LogP contribution in [0.1, 0.15) is 37.6 Å². The molecule has 0 amide bonds. The molecule has 0 saturated carbocycles. The first-order valence-electron chi connectivity index (χ1n) is 5.38. The first kappa shape index (κ1) is 9.71. The van der Waals surface area contributed by atoms with Crippen LogP contribution in [0.2, 0.25) is 0 Å². The lowest BCUT2D eigenvalue weighted by Crippen LogP contribution is -2.24. The van der Waals surface area contributed by atoms with Crippen LogP contribution >= 0.6 is 0 Å². The minimum Gasteiger partial charge on any atom is -0.315 e. The molecule has 2 N–H and O–H groups in total. The van der Waals surface area contributed by atoms with E-state index >= 15 is 0 Å². The van der Waals surface area contributed by atoms with Gasteiger partial charge in [-0.25, -0.2) is 0 Å². The van der Waals surface area contributed by atoms with E-state index in [1.807, 2.05) is 0 Å². The van der Waals surface area contributed by atoms with Crippen LogP contribution in [-0.4, -0.2) is 23.3 Å². The summed E-state index contributed by atoms with van der Waals surface area (Å²) in [6, 6.07) is 2.17. The Morgan fingerprint density at radius 2 is 2.43 bits per heavy atom. The van der Waals surface area contributed by atoms with Crippen LogP contribution < -0.4 is 5.32 Å². The lowest BCUT2D eigenvalue weighted by atomic mass is 9.76. The topological polar surface area (TPSA) is 40.7 Å². The number of aromatic nitrogens is 2. The highest BCUT2D eigenvalue weighted by Crippen LogP contribution is 2.40. The second-order valence-corrected chi connectivity index (χ2v) is 4.67. The molecular weight excluding hydrogens is 174 g/mol. The van der Waals surface area contributed by atoms with Crippen molar-refractivity contribution in [2.45, 2.75) is 33.1 Å². The Hall–Kier alpha value is -0.830. The normalized spacial score (nSPS) is 32.4. The van der Waals surface area contributed by atoms with E-state index in [0.717, 1.165) is 18.8 Å². The third-order valence-corrected chi connectivity index (χ3v) is 3.61. The molecule has 1 aliphatic rings. The van der Waals surface area contributed by atoms with Gasteiger partial charge in [-0.15, -0.1) is 0 Å². The van der Waals surface area contributed by atoms with E-state index in [4.69, 9.17) is 0 Å². The quantitative estimate of drug-likeness (QED) is 0.752. The van der Waals surface area contributed by atoms with E-state index in [1.54, 1.807) is 0 Å². The second kappa shape index (κ2) is 3.39. The molecule has 1 aromatic rings. The van der Waals surface area contributed by atoms with Crippen molar-refractivity contribution in [1.29, 1.82) is 0 Å². The van der Waals surface area contributed by atoms with Crippen LogP contribution in [0.15, 0.2) is 6.07 Å². The van der Waals surface area contributed by atoms with E-state index in [1.165, 1.54) is 12.1 Å². The smallest absolute Gasteiger partial charge is 0.0674 e. The molecular formula is C11H19N3. The van der Waals surface area contributed by atoms with Crippen molar-refractivity contribution in [1.82, 2.24) is 15.5 Å². The van der Waals surface area contributed by atoms with Crippen molar-refractivity contribution in [3.8, 4) is 0 Å². The lowest BCUT2D eigenvalue weighted by molar-refractivity contribution is 0.304. The van der Waals surface area contributed by atoms with Gasteiger partial charge in [-0.1, -0.05) is 13.8 Å². The van der Waals surface area contributed by atoms with Crippen molar-refractivity contribution in [3.63, 3.8) is 0 Å². The molecule has 0 unspecified atom stereocenters. The van der Waals surface area contributed by atoms with Gasteiger partial charge in [0.25, 0.3) is 0 Å². The van der Waals surface area contributed by atoms with E-state index < -0.39 is 0 Å². The predicted octanol–water partition coefficient (Wildman–Crippen LogP) is 1.82. The SMILES string of the molecule is CC[C@@]1(C)CNC[C@@H]1c1cc(C)[nH]n1. The molecule has 1 aromatic heterocycles. The van der Waals surface area contributed by atoms with Crippen LogP contribution in [0.3, 0.4) is 0 Å². The lowest BCUT2D eigenvalue weighted by Gasteiger charge is -2.27. The van der Waals surface area contributed by atoms with Crippen molar-refractivity contribution in [3.05, 3.63) is 17.5 Å². The van der Waals surface area contributed by atoms with Gasteiger partial charge in [-0.05, 0) is 24.8 Å². The average molecular weight is 193 g/mol. The Morgan fingerprint density at radius 3 is 3.00 bits per heavy atom. The Morgan fingerprint density at radius 1 is 1.64 bits per heavy atom. The summed E-state index contributed by atoms with van der Waals surface area (Å²) < 4.78 is 0. The molecule has 0 aliphatic carbocycles. The number of nitrogens with zero attached hydrogens (tertiary/aromatic N) is 1. The fourth-order valence-corrected chi connectivity index (χ4v) is 2.32. The number of rotatable bonds is 2. The zero-order valence-electron chi connectivity index (χ0n) is 9.22. The molecule has 3 nitrogen and oxygen atoms in total. The number of aryl methyl sites for hydroxylation is 1. The van der Waals surface area contributed by atoms with E-state index in [0.29, 0.717) is 11.3 Å². The number of nitrogens with one attached hydrogen (secondary N) is 2. The highest BCUT2D eigenvalue weighted by atomic mass is 15.1. The van der Waals surface area contributed by atoms with Crippen LogP contribution in [0.5, 0.6) is 0 Å². The number of hydrogen-bond acceptors (Lipinski definition) is 2. The highest BCUT2D eigenvalue weighted by Gasteiger charge is 2.39. The fourth-order valence-electron chi connectivity index (χ4n) is 2.32. The molecule has 14 heavy (non-hydrogen) atoms. The van der Waals surface area contributed by atoms with Gasteiger partial charge < -0.3 is 5.32 Å². The van der Waals surface area contributed by atoms with Crippen LogP contribution in [-0.2, 0) is 0 Å². The molecule has 78 valence electrons. The first-order valence-corrected chi connectivity index (χ1v) is 5.38. The summed E-state index contributed by atoms with van der Waals surface area (Å²) in [5, 5.41) is 10.9. The summed E-state index contributed by atoms with van der Waals surface area (Å²) in [5.74, 6) is 0.567. The third-order valence-electron chi connectivity index (χ3n) is 3.61. The van der Waals surface area contributed by atoms with E-state index in [9.17, 15) is 0 Å². The third kappa shape index (κ3) is 1.46. The highest BCUT2D eigenvalue weighted by molar-refractivity contribution is 5.18. The monoisotopic (exact) mass is 193 g/mol. The van der Waals surface area contributed by atoms with Crippen molar-refractivity contribution in [2.24, 2.45) is 5.41 Å². The maximum absolute atomic E-state index is 4.38. The number of H-pyrrole nitrogens is 1. The molecule has 0 bridgehead atoms. The van der Waals surface area contributed by atoms with E-state index in [2.05, 4.69) is 42.4 Å². The summed E-state index contributed by atoms with van der Waals surface area (Å²) in [7, 11) is 0. The van der Waals surface area contributed by atoms with Crippen LogP contribution in [0, 0.1) is 12.3 Å². The molecule has 2 heterocycles. The van der Waals surface area contributed by atoms with Gasteiger partial charge in [-0.3, -0.25) is 5.10 Å². The Labute approximate surface area is 85.3 Å². The summed E-state index contributed by atoms with van der Waals surface area (Å²) in [6.45, 7) is 8.85. The summed E-state index contributed by atoms with van der Waals surface area (Å²) in [4.78, 5) is 0. The minimum absolute atomic E-state index is 0.377. The second-order valence-electron chi connectivity index (χ2n) is 4.67. The van der Waals surface area contributed by atoms with Gasteiger partial charge in [0.2, 0.25) is 0 Å². The predicted molar refractivity (Wildman–Crippen MR) is 57.3 cm³/mol. The molecule has 1 saturated heterocycles. The number of hydrogen-bond donors (Lipinski definition) is 2. The molecule has 0 spiro atoms. The first-order chi connectivity index (χ1) is 6.65. The van der Waals surface area contributed by atoms with Gasteiger partial charge in [-0.2, -0.15) is 5.10 Å². The molecule has 2 rings (SSSR count). The molecule has 0 radical (unpaired) electrons. The van der Waals surface area contributed by atoms with Gasteiger partial charge in [0.05, 0.1) is 5.69 Å². The Balaban J connectivity index is 2.26. The standard InChI is InChI=1S/C11H19N3/c1-4-11(3)7-12-6-9(11)10-5-8(2)13-14-10/h5,9,12H,4,6-7H2,1-3H3,(H,13,14)/t9-,11+/m1/s1. The number of aromatic amines is 1. The zero-order valence-corrected chi connectivity index (χ0v) is 9.22. The Kier molecular flexibility index (Phi) is 2.35. The zero-order chi connectivity index (χ0) is 10.2. The fraction of sp³-hybridized carbons (Fsp3) is 0.727. The largest absolute Gasteiger partial charge is 0.315 e. The maximum Gasteiger partial charge on any atom is 0.0674 e. The Bertz CT molecular complexity index is 318. The summed E-state index contributed by atoms with van der Waals surface area (Å²) in [6.07, 6.45) is 1.20. The molecule has 0 aromatic carbocycles. The van der Waals surface area contributed by atoms with Crippen molar-refractivity contribution < 1.29 is 0 Å². The molecule has 1 fully saturated rings. The molecule has 3 heteroatoms.